The second-order valence-corrected chi connectivity index (χ2v) is 23.6. The number of H-pyrrole nitrogens is 1. The second kappa shape index (κ2) is 32.9. The molecule has 3 aromatic heterocycles. The summed E-state index contributed by atoms with van der Waals surface area (Å²) in [5.41, 5.74) is 5.63. The lowest BCUT2D eigenvalue weighted by Crippen LogP contribution is -2.03. The molecule has 8 rings (SSSR count). The van der Waals surface area contributed by atoms with E-state index in [1.807, 2.05) is 54.7 Å². The van der Waals surface area contributed by atoms with Gasteiger partial charge in [0.2, 0.25) is 5.91 Å². The number of para-hydroxylation sites is 2. The van der Waals surface area contributed by atoms with Gasteiger partial charge in [0.15, 0.2) is 0 Å². The van der Waals surface area contributed by atoms with Crippen LogP contribution in [0.5, 0.6) is 0 Å². The SMILES string of the molecule is CC(C)(C)C.CC(C)(C)C.CC(C)(C)C.CC(C)(C)C.CC(C)(C)C.O=C1Cc2ccccc2N1.c1c[nH]cn1.c1ccc2ccccc2c1.c1ccc2ncccc2c1.c1cncnc1. The monoisotopic (exact) mass is 899 g/mol. The van der Waals surface area contributed by atoms with Gasteiger partial charge in [-0.2, -0.15) is 0 Å². The molecule has 0 spiro atoms. The molecule has 7 heteroatoms. The summed E-state index contributed by atoms with van der Waals surface area (Å²) in [6.07, 6.45) is 12.3. The summed E-state index contributed by atoms with van der Waals surface area (Å²) in [7, 11) is 0. The Morgan fingerprint density at radius 2 is 0.788 bits per heavy atom. The Hall–Kier alpha value is -5.69. The largest absolute Gasteiger partial charge is 0.351 e. The summed E-state index contributed by atoms with van der Waals surface area (Å²) < 4.78 is 0. The molecule has 0 bridgehead atoms. The van der Waals surface area contributed by atoms with Gasteiger partial charge in [-0.15, -0.1) is 0 Å². The number of aromatic amines is 1. The zero-order valence-corrected chi connectivity index (χ0v) is 44.9. The Bertz CT molecular complexity index is 1820. The molecule has 0 radical (unpaired) electrons. The Morgan fingerprint density at radius 3 is 1.11 bits per heavy atom. The van der Waals surface area contributed by atoms with Crippen LogP contribution in [0.15, 0.2) is 159 Å². The molecule has 0 saturated heterocycles. The minimum absolute atomic E-state index is 0.0983. The van der Waals surface area contributed by atoms with Crippen LogP contribution in [0.1, 0.15) is 144 Å². The van der Waals surface area contributed by atoms with E-state index in [0.717, 1.165) is 16.8 Å². The van der Waals surface area contributed by atoms with Gasteiger partial charge < -0.3 is 10.3 Å². The van der Waals surface area contributed by atoms with E-state index in [-0.39, 0.29) is 5.91 Å². The van der Waals surface area contributed by atoms with Gasteiger partial charge in [0.1, 0.15) is 6.33 Å². The molecule has 1 aliphatic heterocycles. The number of rotatable bonds is 0. The van der Waals surface area contributed by atoms with Gasteiger partial charge >= 0.3 is 0 Å². The molecule has 0 saturated carbocycles. The lowest BCUT2D eigenvalue weighted by atomic mass is 10.0. The fourth-order valence-electron chi connectivity index (χ4n) is 3.78. The molecule has 1 amide bonds. The van der Waals surface area contributed by atoms with Crippen molar-refractivity contribution in [3.63, 3.8) is 0 Å². The quantitative estimate of drug-likeness (QED) is 0.158. The maximum Gasteiger partial charge on any atom is 0.228 e. The predicted molar refractivity (Wildman–Crippen MR) is 291 cm³/mol. The molecule has 0 aliphatic carbocycles. The highest BCUT2D eigenvalue weighted by atomic mass is 16.1. The minimum Gasteiger partial charge on any atom is -0.351 e. The van der Waals surface area contributed by atoms with E-state index in [0.29, 0.717) is 33.5 Å². The molecule has 362 valence electrons. The summed E-state index contributed by atoms with van der Waals surface area (Å²) in [4.78, 5) is 28.7. The summed E-state index contributed by atoms with van der Waals surface area (Å²) in [5.74, 6) is 0.0983. The number of anilines is 1. The number of nitrogens with zero attached hydrogens (tertiary/aromatic N) is 4. The van der Waals surface area contributed by atoms with Crippen LogP contribution in [-0.2, 0) is 11.2 Å². The predicted octanol–water partition coefficient (Wildman–Crippen LogP) is 17.4. The number of carbonyl (C=O) groups is 1. The van der Waals surface area contributed by atoms with Gasteiger partial charge in [-0.05, 0) is 67.7 Å². The molecule has 0 unspecified atom stereocenters. The van der Waals surface area contributed by atoms with E-state index < -0.39 is 0 Å². The lowest BCUT2D eigenvalue weighted by molar-refractivity contribution is -0.115. The number of hydrogen-bond donors (Lipinski definition) is 2. The standard InChI is InChI=1S/C10H8.C9H7N.C8H7NO.5C5H12.C4H4N2.C3H4N2/c1-2-6-10-8-4-3-7-9(10)5-1;1-2-6-9-8(4-1)5-3-7-10-9;10-8-5-6-3-1-2-4-7(6)9-8;5*1-5(2,3)4;1-2-5-4-6-3-1;1-2-5-3-4-1/h1-8H;1-7H;1-4H,5H2,(H,9,10);5*1-4H3;1-4H;1-3H,(H,4,5). The fourth-order valence-corrected chi connectivity index (χ4v) is 3.78. The van der Waals surface area contributed by atoms with Gasteiger partial charge in [-0.3, -0.25) is 9.78 Å². The zero-order chi connectivity index (χ0) is 50.9. The van der Waals surface area contributed by atoms with Crippen molar-refractivity contribution in [1.82, 2.24) is 24.9 Å². The highest BCUT2D eigenvalue weighted by molar-refractivity contribution is 5.99. The van der Waals surface area contributed by atoms with Crippen LogP contribution in [0.2, 0.25) is 0 Å². The molecule has 1 aliphatic rings. The van der Waals surface area contributed by atoms with Crippen molar-refractivity contribution in [1.29, 1.82) is 0 Å². The number of benzene rings is 4. The van der Waals surface area contributed by atoms with Crippen molar-refractivity contribution in [2.45, 2.75) is 145 Å². The van der Waals surface area contributed by atoms with E-state index in [2.05, 4.69) is 229 Å². The maximum absolute atomic E-state index is 10.8. The first-order valence-electron chi connectivity index (χ1n) is 23.0. The van der Waals surface area contributed by atoms with Gasteiger partial charge in [-0.25, -0.2) is 15.0 Å². The number of carbonyl (C=O) groups excluding carboxylic acids is 1. The average Bonchev–Trinajstić information content (AvgIpc) is 3.90. The van der Waals surface area contributed by atoms with Gasteiger partial charge in [0, 0.05) is 42.1 Å². The zero-order valence-electron chi connectivity index (χ0n) is 44.9. The van der Waals surface area contributed by atoms with Crippen molar-refractivity contribution in [3.05, 3.63) is 164 Å². The number of pyridine rings is 1. The van der Waals surface area contributed by atoms with Crippen LogP contribution in [-0.4, -0.2) is 30.8 Å². The first-order valence-corrected chi connectivity index (χ1v) is 23.0. The maximum atomic E-state index is 10.8. The van der Waals surface area contributed by atoms with Crippen molar-refractivity contribution in [3.8, 4) is 0 Å². The Labute approximate surface area is 403 Å². The minimum atomic E-state index is 0.0983. The summed E-state index contributed by atoms with van der Waals surface area (Å²) in [6.45, 7) is 43.8. The smallest absolute Gasteiger partial charge is 0.228 e. The number of fused-ring (bicyclic) bond motifs is 3. The molecule has 4 heterocycles. The lowest BCUT2D eigenvalue weighted by Gasteiger charge is -2.05. The van der Waals surface area contributed by atoms with E-state index in [9.17, 15) is 4.79 Å². The highest BCUT2D eigenvalue weighted by Crippen LogP contribution is 2.21. The molecular formula is C59H90N6O. The van der Waals surface area contributed by atoms with E-state index in [1.54, 1.807) is 37.2 Å². The van der Waals surface area contributed by atoms with Crippen LogP contribution in [0.4, 0.5) is 5.69 Å². The number of aromatic nitrogens is 5. The second-order valence-electron chi connectivity index (χ2n) is 23.6. The number of amides is 1. The van der Waals surface area contributed by atoms with Crippen LogP contribution in [0, 0.1) is 27.1 Å². The van der Waals surface area contributed by atoms with Crippen LogP contribution in [0.25, 0.3) is 21.7 Å². The normalized spacial score (nSPS) is 11.1. The number of hydrogen-bond acceptors (Lipinski definition) is 5. The topological polar surface area (TPSA) is 96.5 Å². The van der Waals surface area contributed by atoms with Crippen molar-refractivity contribution in [2.75, 3.05) is 5.32 Å². The van der Waals surface area contributed by atoms with Crippen LogP contribution in [0.3, 0.4) is 0 Å². The third-order valence-corrected chi connectivity index (χ3v) is 5.70. The summed E-state index contributed by atoms with van der Waals surface area (Å²) in [6, 6.07) is 38.3. The number of imidazole rings is 1. The summed E-state index contributed by atoms with van der Waals surface area (Å²) >= 11 is 0. The molecule has 0 atom stereocenters. The van der Waals surface area contributed by atoms with Crippen molar-refractivity contribution in [2.24, 2.45) is 27.1 Å². The van der Waals surface area contributed by atoms with E-state index in [1.165, 1.54) is 22.5 Å². The molecule has 0 fully saturated rings. The Kier molecular flexibility index (Phi) is 31.1. The van der Waals surface area contributed by atoms with Gasteiger partial charge in [0.05, 0.1) is 18.3 Å². The molecule has 2 N–H and O–H groups in total. The third kappa shape index (κ3) is 52.7. The van der Waals surface area contributed by atoms with Gasteiger partial charge in [-0.1, -0.05) is 229 Å². The van der Waals surface area contributed by atoms with E-state index >= 15 is 0 Å². The van der Waals surface area contributed by atoms with Gasteiger partial charge in [0.25, 0.3) is 0 Å². The van der Waals surface area contributed by atoms with Crippen molar-refractivity contribution < 1.29 is 4.79 Å². The van der Waals surface area contributed by atoms with Crippen LogP contribution < -0.4 is 5.32 Å². The third-order valence-electron chi connectivity index (χ3n) is 5.70. The fraction of sp³-hybridized carbons (Fsp3) is 0.441. The average molecular weight is 899 g/mol. The first kappa shape index (κ1) is 62.4. The number of nitrogens with one attached hydrogen (secondary N) is 2. The Balaban J connectivity index is 0. The van der Waals surface area contributed by atoms with Crippen molar-refractivity contribution >= 4 is 33.3 Å². The first-order chi connectivity index (χ1) is 30.3. The summed E-state index contributed by atoms with van der Waals surface area (Å²) in [5, 5.41) is 6.58. The Morgan fingerprint density at radius 1 is 0.409 bits per heavy atom. The molecular weight excluding hydrogens is 809 g/mol. The molecule has 7 aromatic rings. The van der Waals surface area contributed by atoms with Crippen LogP contribution >= 0.6 is 0 Å². The highest BCUT2D eigenvalue weighted by Gasteiger charge is 2.15. The molecule has 66 heavy (non-hydrogen) atoms. The molecule has 4 aromatic carbocycles. The molecule has 7 nitrogen and oxygen atoms in total. The van der Waals surface area contributed by atoms with E-state index in [4.69, 9.17) is 0 Å².